The maximum Gasteiger partial charge on any atom is 0.224 e. The number of halogens is 1. The third-order valence-electron chi connectivity index (χ3n) is 6.55. The minimum atomic E-state index is -0.213. The molecule has 1 aliphatic heterocycles. The number of carbonyl (C=O) groups excluding carboxylic acids is 1. The molecule has 2 heterocycles. The Balaban J connectivity index is 1.27. The molecule has 1 amide bonds. The fraction of sp³-hybridized carbons (Fsp3) is 0.286. The van der Waals surface area contributed by atoms with Gasteiger partial charge in [-0.2, -0.15) is 0 Å². The zero-order chi connectivity index (χ0) is 23.5. The predicted molar refractivity (Wildman–Crippen MR) is 134 cm³/mol. The number of para-hydroxylation sites is 3. The minimum absolute atomic E-state index is 0.132. The number of benzene rings is 3. The van der Waals surface area contributed by atoms with Crippen molar-refractivity contribution in [2.45, 2.75) is 26.3 Å². The van der Waals surface area contributed by atoms with Gasteiger partial charge < -0.3 is 14.4 Å². The van der Waals surface area contributed by atoms with E-state index in [0.717, 1.165) is 23.3 Å². The van der Waals surface area contributed by atoms with Crippen LogP contribution in [0.3, 0.4) is 0 Å². The molecule has 0 bridgehead atoms. The topological polar surface area (TPSA) is 41.4 Å². The second kappa shape index (κ2) is 9.67. The van der Waals surface area contributed by atoms with Crippen LogP contribution in [-0.2, 0) is 17.8 Å². The number of anilines is 1. The lowest BCUT2D eigenvalue weighted by atomic mass is 10.1. The number of imidazole rings is 1. The third-order valence-corrected chi connectivity index (χ3v) is 6.55. The Bertz CT molecular complexity index is 1310. The number of hydrogen-bond donors (Lipinski definition) is 0. The van der Waals surface area contributed by atoms with Crippen LogP contribution in [0.2, 0.25) is 0 Å². The van der Waals surface area contributed by atoms with Crippen molar-refractivity contribution in [1.29, 1.82) is 0 Å². The van der Waals surface area contributed by atoms with Crippen LogP contribution in [0, 0.1) is 12.7 Å². The van der Waals surface area contributed by atoms with Gasteiger partial charge in [-0.25, -0.2) is 9.37 Å². The van der Waals surface area contributed by atoms with Gasteiger partial charge in [-0.15, -0.1) is 0 Å². The van der Waals surface area contributed by atoms with Gasteiger partial charge in [0.05, 0.1) is 16.7 Å². The average molecular weight is 457 g/mol. The molecule has 1 fully saturated rings. The van der Waals surface area contributed by atoms with Gasteiger partial charge in [0.15, 0.2) is 0 Å². The third kappa shape index (κ3) is 4.67. The molecule has 3 aromatic carbocycles. The summed E-state index contributed by atoms with van der Waals surface area (Å²) in [7, 11) is 0. The standard InChI is InChI=1S/C28H29FN4O/c1-21-7-6-8-22(19-21)20-27-30-24-10-3-5-12-26(24)33(27)14-13-28(34)32-17-15-31(16-18-32)25-11-4-2-9-23(25)29/h2-12,19H,13-18,20H2,1H3. The van der Waals surface area contributed by atoms with Crippen LogP contribution in [0.15, 0.2) is 72.8 Å². The van der Waals surface area contributed by atoms with Gasteiger partial charge in [-0.1, -0.05) is 54.1 Å². The molecule has 1 aliphatic rings. The van der Waals surface area contributed by atoms with Crippen LogP contribution in [-0.4, -0.2) is 46.5 Å². The maximum atomic E-state index is 14.1. The van der Waals surface area contributed by atoms with Gasteiger partial charge in [0.2, 0.25) is 5.91 Å². The summed E-state index contributed by atoms with van der Waals surface area (Å²) in [5.74, 6) is 0.895. The largest absolute Gasteiger partial charge is 0.366 e. The van der Waals surface area contributed by atoms with Gasteiger partial charge in [-0.05, 0) is 36.8 Å². The van der Waals surface area contributed by atoms with Crippen molar-refractivity contribution in [3.63, 3.8) is 0 Å². The van der Waals surface area contributed by atoms with Gasteiger partial charge in [0, 0.05) is 45.6 Å². The highest BCUT2D eigenvalue weighted by molar-refractivity contribution is 5.78. The lowest BCUT2D eigenvalue weighted by Gasteiger charge is -2.36. The molecule has 0 aliphatic carbocycles. The van der Waals surface area contributed by atoms with E-state index in [1.54, 1.807) is 12.1 Å². The van der Waals surface area contributed by atoms with Crippen molar-refractivity contribution in [3.05, 3.63) is 95.6 Å². The Labute approximate surface area is 199 Å². The van der Waals surface area contributed by atoms with Crippen LogP contribution >= 0.6 is 0 Å². The van der Waals surface area contributed by atoms with E-state index in [-0.39, 0.29) is 11.7 Å². The lowest BCUT2D eigenvalue weighted by Crippen LogP contribution is -2.49. The van der Waals surface area contributed by atoms with E-state index in [1.807, 2.05) is 34.1 Å². The molecule has 4 aromatic rings. The number of hydrogen-bond acceptors (Lipinski definition) is 3. The molecule has 1 saturated heterocycles. The Kier molecular flexibility index (Phi) is 6.30. The molecular weight excluding hydrogens is 427 g/mol. The number of aryl methyl sites for hydroxylation is 2. The number of nitrogens with zero attached hydrogens (tertiary/aromatic N) is 4. The second-order valence-electron chi connectivity index (χ2n) is 8.90. The van der Waals surface area contributed by atoms with E-state index in [0.29, 0.717) is 44.8 Å². The molecule has 5 rings (SSSR count). The van der Waals surface area contributed by atoms with E-state index >= 15 is 0 Å². The van der Waals surface area contributed by atoms with E-state index in [2.05, 4.69) is 41.8 Å². The molecule has 0 saturated carbocycles. The second-order valence-corrected chi connectivity index (χ2v) is 8.90. The smallest absolute Gasteiger partial charge is 0.224 e. The molecule has 0 unspecified atom stereocenters. The van der Waals surface area contributed by atoms with E-state index in [9.17, 15) is 9.18 Å². The van der Waals surface area contributed by atoms with Crippen molar-refractivity contribution in [3.8, 4) is 0 Å². The van der Waals surface area contributed by atoms with Gasteiger partial charge >= 0.3 is 0 Å². The molecular formula is C28H29FN4O. The van der Waals surface area contributed by atoms with Gasteiger partial charge in [-0.3, -0.25) is 4.79 Å². The summed E-state index contributed by atoms with van der Waals surface area (Å²) < 4.78 is 16.3. The lowest BCUT2D eigenvalue weighted by molar-refractivity contribution is -0.131. The first-order valence-electron chi connectivity index (χ1n) is 11.9. The van der Waals surface area contributed by atoms with Crippen LogP contribution in [0.5, 0.6) is 0 Å². The fourth-order valence-electron chi connectivity index (χ4n) is 4.79. The van der Waals surface area contributed by atoms with Crippen LogP contribution in [0.4, 0.5) is 10.1 Å². The first-order chi connectivity index (χ1) is 16.6. The summed E-state index contributed by atoms with van der Waals surface area (Å²) in [6.07, 6.45) is 1.15. The molecule has 5 nitrogen and oxygen atoms in total. The zero-order valence-electron chi connectivity index (χ0n) is 19.5. The van der Waals surface area contributed by atoms with E-state index in [1.165, 1.54) is 17.2 Å². The maximum absolute atomic E-state index is 14.1. The summed E-state index contributed by atoms with van der Waals surface area (Å²) in [4.78, 5) is 21.8. The highest BCUT2D eigenvalue weighted by Crippen LogP contribution is 2.22. The number of amides is 1. The van der Waals surface area contributed by atoms with Crippen molar-refractivity contribution in [2.24, 2.45) is 0 Å². The first-order valence-corrected chi connectivity index (χ1v) is 11.9. The Hall–Kier alpha value is -3.67. The fourth-order valence-corrected chi connectivity index (χ4v) is 4.79. The molecule has 0 radical (unpaired) electrons. The molecule has 34 heavy (non-hydrogen) atoms. The summed E-state index contributed by atoms with van der Waals surface area (Å²) in [5, 5.41) is 0. The monoisotopic (exact) mass is 456 g/mol. The van der Waals surface area contributed by atoms with Crippen LogP contribution in [0.1, 0.15) is 23.4 Å². The molecule has 0 spiro atoms. The molecule has 1 aromatic heterocycles. The van der Waals surface area contributed by atoms with Gasteiger partial charge in [0.1, 0.15) is 11.6 Å². The SMILES string of the molecule is Cc1cccc(Cc2nc3ccccc3n2CCC(=O)N2CCN(c3ccccc3F)CC2)c1. The molecule has 0 N–H and O–H groups in total. The highest BCUT2D eigenvalue weighted by Gasteiger charge is 2.23. The number of piperazine rings is 1. The Morgan fingerprint density at radius 2 is 1.71 bits per heavy atom. The highest BCUT2D eigenvalue weighted by atomic mass is 19.1. The van der Waals surface area contributed by atoms with Crippen molar-refractivity contribution >= 4 is 22.6 Å². The average Bonchev–Trinajstić information content (AvgIpc) is 3.20. The summed E-state index contributed by atoms with van der Waals surface area (Å²) in [6, 6.07) is 23.4. The zero-order valence-corrected chi connectivity index (χ0v) is 19.5. The Morgan fingerprint density at radius 1 is 0.941 bits per heavy atom. The van der Waals surface area contributed by atoms with E-state index < -0.39 is 0 Å². The van der Waals surface area contributed by atoms with Crippen LogP contribution < -0.4 is 4.90 Å². The first kappa shape index (κ1) is 22.1. The van der Waals surface area contributed by atoms with Crippen LogP contribution in [0.25, 0.3) is 11.0 Å². The quantitative estimate of drug-likeness (QED) is 0.418. The number of rotatable bonds is 6. The molecule has 174 valence electrons. The predicted octanol–water partition coefficient (Wildman–Crippen LogP) is 4.81. The minimum Gasteiger partial charge on any atom is -0.366 e. The number of carbonyl (C=O) groups is 1. The van der Waals surface area contributed by atoms with Crippen molar-refractivity contribution < 1.29 is 9.18 Å². The number of aromatic nitrogens is 2. The molecule has 0 atom stereocenters. The van der Waals surface area contributed by atoms with Crippen molar-refractivity contribution in [2.75, 3.05) is 31.1 Å². The van der Waals surface area contributed by atoms with E-state index in [4.69, 9.17) is 4.98 Å². The molecule has 6 heteroatoms. The Morgan fingerprint density at radius 3 is 2.50 bits per heavy atom. The summed E-state index contributed by atoms with van der Waals surface area (Å²) >= 11 is 0. The normalized spacial score (nSPS) is 14.1. The summed E-state index contributed by atoms with van der Waals surface area (Å²) in [6.45, 7) is 5.17. The van der Waals surface area contributed by atoms with Gasteiger partial charge in [0.25, 0.3) is 0 Å². The summed E-state index contributed by atoms with van der Waals surface area (Å²) in [5.41, 5.74) is 5.07. The number of fused-ring (bicyclic) bond motifs is 1. The van der Waals surface area contributed by atoms with Crippen molar-refractivity contribution in [1.82, 2.24) is 14.5 Å².